The van der Waals surface area contributed by atoms with E-state index in [2.05, 4.69) is 10.3 Å². The average Bonchev–Trinajstić information content (AvgIpc) is 2.98. The molecule has 0 saturated carbocycles. The van der Waals surface area contributed by atoms with Crippen molar-refractivity contribution in [1.29, 1.82) is 0 Å². The van der Waals surface area contributed by atoms with E-state index in [-0.39, 0.29) is 18.7 Å². The standard InChI is InChI=1S/C16H17FN2O3/c1-11(2)22-16(18-10-14-4-3-9-21-14)19-15(20)12-5-7-13(17)8-6-12/h3-9,11H,10H2,1-2H3,(H,18,19,20). The van der Waals surface area contributed by atoms with Crippen LogP contribution in [-0.2, 0) is 11.3 Å². The van der Waals surface area contributed by atoms with Crippen LogP contribution in [0.2, 0.25) is 0 Å². The second-order valence-electron chi connectivity index (χ2n) is 4.83. The van der Waals surface area contributed by atoms with E-state index in [1.165, 1.54) is 24.3 Å². The topological polar surface area (TPSA) is 63.8 Å². The Morgan fingerprint density at radius 2 is 2.05 bits per heavy atom. The van der Waals surface area contributed by atoms with E-state index in [1.54, 1.807) is 18.4 Å². The molecule has 0 bridgehead atoms. The first-order valence-corrected chi connectivity index (χ1v) is 6.85. The molecule has 6 heteroatoms. The molecule has 1 heterocycles. The zero-order chi connectivity index (χ0) is 15.9. The van der Waals surface area contributed by atoms with E-state index in [9.17, 15) is 9.18 Å². The maximum absolute atomic E-state index is 12.9. The molecule has 1 aromatic heterocycles. The van der Waals surface area contributed by atoms with E-state index in [4.69, 9.17) is 9.15 Å². The normalized spacial score (nSPS) is 11.5. The molecule has 0 aliphatic heterocycles. The molecule has 0 aliphatic carbocycles. The lowest BCUT2D eigenvalue weighted by molar-refractivity contribution is 0.0959. The van der Waals surface area contributed by atoms with Gasteiger partial charge in [0.1, 0.15) is 18.1 Å². The molecule has 116 valence electrons. The number of furan rings is 1. The van der Waals surface area contributed by atoms with Gasteiger partial charge in [-0.15, -0.1) is 0 Å². The summed E-state index contributed by atoms with van der Waals surface area (Å²) in [5.41, 5.74) is 0.319. The molecule has 0 spiro atoms. The largest absolute Gasteiger partial charge is 0.467 e. The van der Waals surface area contributed by atoms with Crippen molar-refractivity contribution in [2.75, 3.05) is 0 Å². The second-order valence-corrected chi connectivity index (χ2v) is 4.83. The number of aliphatic imine (C=N–C) groups is 1. The first kappa shape index (κ1) is 15.8. The summed E-state index contributed by atoms with van der Waals surface area (Å²) in [5.74, 6) is -0.165. The highest BCUT2D eigenvalue weighted by Crippen LogP contribution is 2.05. The quantitative estimate of drug-likeness (QED) is 0.697. The van der Waals surface area contributed by atoms with Crippen LogP contribution >= 0.6 is 0 Å². The molecule has 2 aromatic rings. The second kappa shape index (κ2) is 7.40. The number of hydrogen-bond donors (Lipinski definition) is 1. The lowest BCUT2D eigenvalue weighted by Gasteiger charge is -2.13. The summed E-state index contributed by atoms with van der Waals surface area (Å²) in [6.07, 6.45) is 1.40. The summed E-state index contributed by atoms with van der Waals surface area (Å²) in [5, 5.41) is 2.57. The summed E-state index contributed by atoms with van der Waals surface area (Å²) in [4.78, 5) is 16.3. The van der Waals surface area contributed by atoms with Gasteiger partial charge in [0.05, 0.1) is 12.4 Å². The summed E-state index contributed by atoms with van der Waals surface area (Å²) < 4.78 is 23.5. The molecule has 0 unspecified atom stereocenters. The molecule has 0 saturated heterocycles. The maximum atomic E-state index is 12.9. The lowest BCUT2D eigenvalue weighted by Crippen LogP contribution is -2.34. The van der Waals surface area contributed by atoms with Crippen molar-refractivity contribution in [3.63, 3.8) is 0 Å². The number of nitrogens with one attached hydrogen (secondary N) is 1. The summed E-state index contributed by atoms with van der Waals surface area (Å²) in [6, 6.07) is 8.86. The number of amidine groups is 1. The van der Waals surface area contributed by atoms with Crippen LogP contribution < -0.4 is 5.32 Å². The molecule has 0 atom stereocenters. The van der Waals surface area contributed by atoms with Crippen LogP contribution in [0, 0.1) is 5.82 Å². The van der Waals surface area contributed by atoms with Gasteiger partial charge in [-0.1, -0.05) is 0 Å². The first-order valence-electron chi connectivity index (χ1n) is 6.85. The Balaban J connectivity index is 2.06. The number of halogens is 1. The summed E-state index contributed by atoms with van der Waals surface area (Å²) in [6.45, 7) is 3.90. The third-order valence-electron chi connectivity index (χ3n) is 2.63. The van der Waals surface area contributed by atoms with Crippen molar-refractivity contribution in [3.8, 4) is 0 Å². The van der Waals surface area contributed by atoms with Crippen molar-refractivity contribution in [2.24, 2.45) is 4.99 Å². The molecule has 1 amide bonds. The van der Waals surface area contributed by atoms with Gasteiger partial charge in [-0.3, -0.25) is 10.1 Å². The van der Waals surface area contributed by atoms with E-state index < -0.39 is 11.7 Å². The highest BCUT2D eigenvalue weighted by molar-refractivity contribution is 6.04. The zero-order valence-corrected chi connectivity index (χ0v) is 12.4. The zero-order valence-electron chi connectivity index (χ0n) is 12.4. The molecule has 0 radical (unpaired) electrons. The van der Waals surface area contributed by atoms with Gasteiger partial charge >= 0.3 is 0 Å². The fourth-order valence-corrected chi connectivity index (χ4v) is 1.65. The number of carbonyl (C=O) groups excluding carboxylic acids is 1. The van der Waals surface area contributed by atoms with Gasteiger partial charge in [0.15, 0.2) is 0 Å². The van der Waals surface area contributed by atoms with Crippen LogP contribution in [0.25, 0.3) is 0 Å². The number of benzene rings is 1. The van der Waals surface area contributed by atoms with Crippen LogP contribution in [0.3, 0.4) is 0 Å². The van der Waals surface area contributed by atoms with Gasteiger partial charge in [-0.05, 0) is 50.2 Å². The Morgan fingerprint density at radius 1 is 1.32 bits per heavy atom. The molecule has 1 aromatic carbocycles. The van der Waals surface area contributed by atoms with Crippen molar-refractivity contribution in [3.05, 3.63) is 59.8 Å². The van der Waals surface area contributed by atoms with Crippen molar-refractivity contribution in [1.82, 2.24) is 5.32 Å². The number of nitrogens with zero attached hydrogens (tertiary/aromatic N) is 1. The lowest BCUT2D eigenvalue weighted by atomic mass is 10.2. The van der Waals surface area contributed by atoms with Crippen LogP contribution in [-0.4, -0.2) is 18.0 Å². The minimum absolute atomic E-state index is 0.0979. The number of amides is 1. The van der Waals surface area contributed by atoms with Crippen LogP contribution in [0.1, 0.15) is 30.0 Å². The van der Waals surface area contributed by atoms with Gasteiger partial charge in [-0.25, -0.2) is 9.38 Å². The monoisotopic (exact) mass is 304 g/mol. The van der Waals surface area contributed by atoms with Crippen LogP contribution in [0.15, 0.2) is 52.1 Å². The Morgan fingerprint density at radius 3 is 2.64 bits per heavy atom. The Kier molecular flexibility index (Phi) is 5.30. The smallest absolute Gasteiger partial charge is 0.292 e. The van der Waals surface area contributed by atoms with Crippen LogP contribution in [0.5, 0.6) is 0 Å². The minimum Gasteiger partial charge on any atom is -0.467 e. The molecule has 2 rings (SSSR count). The maximum Gasteiger partial charge on any atom is 0.292 e. The van der Waals surface area contributed by atoms with Gasteiger partial charge in [-0.2, -0.15) is 0 Å². The van der Waals surface area contributed by atoms with E-state index in [0.717, 1.165) is 0 Å². The summed E-state index contributed by atoms with van der Waals surface area (Å²) in [7, 11) is 0. The SMILES string of the molecule is CC(C)OC(=NCc1ccco1)NC(=O)c1ccc(F)cc1. The van der Waals surface area contributed by atoms with Gasteiger partial charge in [0.2, 0.25) is 0 Å². The van der Waals surface area contributed by atoms with Crippen molar-refractivity contribution >= 4 is 11.9 Å². The number of hydrogen-bond acceptors (Lipinski definition) is 4. The van der Waals surface area contributed by atoms with Gasteiger partial charge < -0.3 is 9.15 Å². The highest BCUT2D eigenvalue weighted by atomic mass is 19.1. The summed E-state index contributed by atoms with van der Waals surface area (Å²) >= 11 is 0. The third kappa shape index (κ3) is 4.73. The number of carbonyl (C=O) groups is 1. The fraction of sp³-hybridized carbons (Fsp3) is 0.250. The minimum atomic E-state index is -0.418. The number of ether oxygens (including phenoxy) is 1. The molecule has 22 heavy (non-hydrogen) atoms. The predicted molar refractivity (Wildman–Crippen MR) is 79.9 cm³/mol. The molecular weight excluding hydrogens is 287 g/mol. The number of rotatable bonds is 4. The average molecular weight is 304 g/mol. The van der Waals surface area contributed by atoms with Crippen LogP contribution in [0.4, 0.5) is 4.39 Å². The Labute approximate surface area is 127 Å². The fourth-order valence-electron chi connectivity index (χ4n) is 1.65. The van der Waals surface area contributed by atoms with E-state index >= 15 is 0 Å². The highest BCUT2D eigenvalue weighted by Gasteiger charge is 2.11. The Hall–Kier alpha value is -2.63. The van der Waals surface area contributed by atoms with Crippen molar-refractivity contribution < 1.29 is 18.3 Å². The predicted octanol–water partition coefficient (Wildman–Crippen LogP) is 3.13. The van der Waals surface area contributed by atoms with Gasteiger partial charge in [0.25, 0.3) is 11.9 Å². The molecule has 0 fully saturated rings. The van der Waals surface area contributed by atoms with E-state index in [1.807, 2.05) is 13.8 Å². The van der Waals surface area contributed by atoms with Gasteiger partial charge in [0, 0.05) is 5.56 Å². The Bertz CT molecular complexity index is 634. The van der Waals surface area contributed by atoms with E-state index in [0.29, 0.717) is 11.3 Å². The molecule has 1 N–H and O–H groups in total. The molecular formula is C16H17FN2O3. The molecule has 0 aliphatic rings. The third-order valence-corrected chi connectivity index (χ3v) is 2.63. The first-order chi connectivity index (χ1) is 10.5. The van der Waals surface area contributed by atoms with Crippen molar-refractivity contribution in [2.45, 2.75) is 26.5 Å². The molecule has 5 nitrogen and oxygen atoms in total.